The number of rotatable bonds is 8. The molecule has 0 aromatic heterocycles. The van der Waals surface area contributed by atoms with E-state index in [0.717, 1.165) is 18.9 Å². The lowest BCUT2D eigenvalue weighted by Crippen LogP contribution is -2.46. The van der Waals surface area contributed by atoms with Gasteiger partial charge in [-0.1, -0.05) is 20.8 Å². The zero-order valence-corrected chi connectivity index (χ0v) is 21.3. The van der Waals surface area contributed by atoms with E-state index in [4.69, 9.17) is 9.47 Å². The van der Waals surface area contributed by atoms with Crippen molar-refractivity contribution in [2.75, 3.05) is 26.2 Å². The van der Waals surface area contributed by atoms with E-state index < -0.39 is 14.9 Å². The second-order valence-electron chi connectivity index (χ2n) is 9.98. The highest BCUT2D eigenvalue weighted by Crippen LogP contribution is 2.60. The van der Waals surface area contributed by atoms with Gasteiger partial charge < -0.3 is 9.47 Å². The lowest BCUT2D eigenvalue weighted by atomic mass is 9.69. The highest BCUT2D eigenvalue weighted by molar-refractivity contribution is 7.89. The average molecular weight is 503 g/mol. The summed E-state index contributed by atoms with van der Waals surface area (Å²) in [5, 5.41) is 15.6. The summed E-state index contributed by atoms with van der Waals surface area (Å²) < 4.78 is 39.5. The summed E-state index contributed by atoms with van der Waals surface area (Å²) in [7, 11) is -0.939. The molecular weight excluding hydrogens is 472 g/mol. The Morgan fingerprint density at radius 2 is 1.83 bits per heavy atom. The van der Waals surface area contributed by atoms with Gasteiger partial charge in [0.1, 0.15) is 4.90 Å². The predicted molar refractivity (Wildman–Crippen MR) is 133 cm³/mol. The molecule has 2 fully saturated rings. The van der Waals surface area contributed by atoms with Gasteiger partial charge in [-0.2, -0.15) is 9.41 Å². The molecule has 1 heterocycles. The second kappa shape index (κ2) is 8.80. The van der Waals surface area contributed by atoms with Gasteiger partial charge >= 0.3 is 0 Å². The number of piperidine rings is 1. The van der Waals surface area contributed by atoms with Crippen LogP contribution in [-0.2, 0) is 10.0 Å². The number of nitrogens with one attached hydrogen (secondary N) is 1. The number of nitro benzene ring substituents is 1. The van der Waals surface area contributed by atoms with Crippen LogP contribution in [-0.4, -0.2) is 50.7 Å². The van der Waals surface area contributed by atoms with Gasteiger partial charge in [0.15, 0.2) is 11.5 Å². The fourth-order valence-electron chi connectivity index (χ4n) is 5.11. The van der Waals surface area contributed by atoms with E-state index in [1.54, 1.807) is 18.2 Å². The molecule has 2 aliphatic rings. The summed E-state index contributed by atoms with van der Waals surface area (Å²) in [6.07, 6.45) is 3.02. The van der Waals surface area contributed by atoms with Crippen LogP contribution in [0.5, 0.6) is 11.5 Å². The van der Waals surface area contributed by atoms with Gasteiger partial charge in [0.25, 0.3) is 5.69 Å². The second-order valence-corrected chi connectivity index (χ2v) is 11.8. The average Bonchev–Trinajstić information content (AvgIpc) is 3.27. The fourth-order valence-corrected chi connectivity index (χ4v) is 7.02. The molecule has 35 heavy (non-hydrogen) atoms. The predicted octanol–water partition coefficient (Wildman–Crippen LogP) is 4.26. The standard InChI is InChI=1S/C24H30N4O6S/c1-23(2)12-18-13-24(23,3)15-27(18)35(31,32)22-11-17(28(29)30)7-8-19(22)26-25-14-16-6-9-20(33-4)21(10-16)34-5/h6-11,14,18,26H,12-13,15H2,1-5H3/b25-14-/t18-,24-/m1/s1. The van der Waals surface area contributed by atoms with Gasteiger partial charge in [-0.05, 0) is 53.5 Å². The first-order chi connectivity index (χ1) is 16.4. The number of sulfonamides is 1. The Bertz CT molecular complexity index is 1290. The van der Waals surface area contributed by atoms with E-state index in [1.807, 2.05) is 0 Å². The number of hydrazone groups is 1. The monoisotopic (exact) mass is 502 g/mol. The van der Waals surface area contributed by atoms with E-state index in [0.29, 0.717) is 23.6 Å². The topological polar surface area (TPSA) is 123 Å². The first-order valence-corrected chi connectivity index (χ1v) is 12.7. The molecular formula is C24H30N4O6S. The molecule has 1 aliphatic heterocycles. The number of ether oxygens (including phenoxy) is 2. The minimum absolute atomic E-state index is 0.0250. The summed E-state index contributed by atoms with van der Waals surface area (Å²) in [5.41, 5.74) is 3.20. The third-order valence-electron chi connectivity index (χ3n) is 7.55. The Kier molecular flexibility index (Phi) is 6.26. The molecule has 1 aliphatic carbocycles. The van der Waals surface area contributed by atoms with Gasteiger partial charge in [0.2, 0.25) is 10.0 Å². The number of non-ortho nitro benzene ring substituents is 1. The Morgan fingerprint density at radius 3 is 2.40 bits per heavy atom. The van der Waals surface area contributed by atoms with Crippen LogP contribution in [0.15, 0.2) is 46.4 Å². The lowest BCUT2D eigenvalue weighted by molar-refractivity contribution is -0.385. The van der Waals surface area contributed by atoms with Crippen LogP contribution in [0.4, 0.5) is 11.4 Å². The van der Waals surface area contributed by atoms with Crippen molar-refractivity contribution in [2.24, 2.45) is 15.9 Å². The number of hydrogen-bond acceptors (Lipinski definition) is 8. The number of hydrogen-bond donors (Lipinski definition) is 1. The zero-order chi connectivity index (χ0) is 25.6. The van der Waals surface area contributed by atoms with Crippen molar-refractivity contribution < 1.29 is 22.8 Å². The normalized spacial score (nSPS) is 23.5. The maximum absolute atomic E-state index is 13.7. The minimum atomic E-state index is -4.00. The molecule has 2 bridgehead atoms. The first-order valence-electron chi connectivity index (χ1n) is 11.2. The van der Waals surface area contributed by atoms with Crippen LogP contribution in [0.2, 0.25) is 0 Å². The van der Waals surface area contributed by atoms with Crippen molar-refractivity contribution in [1.29, 1.82) is 0 Å². The molecule has 1 saturated carbocycles. The molecule has 1 N–H and O–H groups in total. The molecule has 2 aromatic rings. The molecule has 188 valence electrons. The van der Waals surface area contributed by atoms with Crippen molar-refractivity contribution in [3.8, 4) is 11.5 Å². The van der Waals surface area contributed by atoms with E-state index in [9.17, 15) is 18.5 Å². The van der Waals surface area contributed by atoms with Crippen LogP contribution < -0.4 is 14.9 Å². The summed E-state index contributed by atoms with van der Waals surface area (Å²) >= 11 is 0. The molecule has 2 atom stereocenters. The summed E-state index contributed by atoms with van der Waals surface area (Å²) in [6, 6.07) is 8.81. The molecule has 4 rings (SSSR count). The number of nitrogens with zero attached hydrogens (tertiary/aromatic N) is 3. The zero-order valence-electron chi connectivity index (χ0n) is 20.4. The number of anilines is 1. The van der Waals surface area contributed by atoms with Crippen molar-refractivity contribution in [2.45, 2.75) is 44.6 Å². The molecule has 2 aromatic carbocycles. The number of benzene rings is 2. The van der Waals surface area contributed by atoms with Gasteiger partial charge in [-0.25, -0.2) is 8.42 Å². The maximum Gasteiger partial charge on any atom is 0.270 e. The smallest absolute Gasteiger partial charge is 0.270 e. The van der Waals surface area contributed by atoms with Gasteiger partial charge in [-0.3, -0.25) is 15.5 Å². The van der Waals surface area contributed by atoms with Crippen molar-refractivity contribution in [3.05, 3.63) is 52.1 Å². The van der Waals surface area contributed by atoms with Crippen LogP contribution in [0, 0.1) is 20.9 Å². The van der Waals surface area contributed by atoms with Gasteiger partial charge in [0.05, 0.1) is 31.0 Å². The minimum Gasteiger partial charge on any atom is -0.493 e. The number of nitro groups is 1. The van der Waals surface area contributed by atoms with Crippen molar-refractivity contribution in [3.63, 3.8) is 0 Å². The molecule has 11 heteroatoms. The largest absolute Gasteiger partial charge is 0.493 e. The maximum atomic E-state index is 13.7. The quantitative estimate of drug-likeness (QED) is 0.325. The van der Waals surface area contributed by atoms with Gasteiger partial charge in [-0.15, -0.1) is 0 Å². The number of fused-ring (bicyclic) bond motifs is 2. The SMILES string of the molecule is COc1ccc(/C=N\Nc2ccc([N+](=O)[O-])cc2S(=O)(=O)N2C[C@@]3(C)C[C@H]2CC3(C)C)cc1OC. The third-order valence-corrected chi connectivity index (χ3v) is 9.49. The highest BCUT2D eigenvalue weighted by Gasteiger charge is 2.60. The molecule has 0 radical (unpaired) electrons. The fraction of sp³-hybridized carbons (Fsp3) is 0.458. The Balaban J connectivity index is 1.65. The molecule has 1 saturated heterocycles. The van der Waals surface area contributed by atoms with Crippen molar-refractivity contribution >= 4 is 27.6 Å². The molecule has 0 spiro atoms. The Labute approximate surface area is 205 Å². The molecule has 0 amide bonds. The first kappa shape index (κ1) is 24.9. The highest BCUT2D eigenvalue weighted by atomic mass is 32.2. The van der Waals surface area contributed by atoms with Crippen LogP contribution in [0.1, 0.15) is 39.2 Å². The Hall–Kier alpha value is -3.18. The van der Waals surface area contributed by atoms with E-state index in [1.165, 1.54) is 36.9 Å². The Morgan fingerprint density at radius 1 is 1.11 bits per heavy atom. The summed E-state index contributed by atoms with van der Waals surface area (Å²) in [6.45, 7) is 6.83. The lowest BCUT2D eigenvalue weighted by Gasteiger charge is -2.42. The van der Waals surface area contributed by atoms with Crippen LogP contribution in [0.25, 0.3) is 0 Å². The number of methoxy groups -OCH3 is 2. The summed E-state index contributed by atoms with van der Waals surface area (Å²) in [4.78, 5) is 10.7. The van der Waals surface area contributed by atoms with Crippen molar-refractivity contribution in [1.82, 2.24) is 4.31 Å². The van der Waals surface area contributed by atoms with Crippen LogP contribution in [0.3, 0.4) is 0 Å². The molecule has 10 nitrogen and oxygen atoms in total. The third kappa shape index (κ3) is 4.34. The van der Waals surface area contributed by atoms with Crippen LogP contribution >= 0.6 is 0 Å². The van der Waals surface area contributed by atoms with E-state index in [-0.39, 0.29) is 33.1 Å². The van der Waals surface area contributed by atoms with Gasteiger partial charge in [0, 0.05) is 24.7 Å². The van der Waals surface area contributed by atoms with E-state index in [2.05, 4.69) is 31.3 Å². The molecule has 0 unspecified atom stereocenters. The summed E-state index contributed by atoms with van der Waals surface area (Å²) in [5.74, 6) is 1.09. The van der Waals surface area contributed by atoms with E-state index >= 15 is 0 Å².